The molecule has 1 fully saturated rings. The fourth-order valence-electron chi connectivity index (χ4n) is 2.57. The van der Waals surface area contributed by atoms with Gasteiger partial charge < -0.3 is 15.2 Å². The molecule has 16 heavy (non-hydrogen) atoms. The van der Waals surface area contributed by atoms with Crippen LogP contribution in [-0.2, 0) is 5.54 Å². The Labute approximate surface area is 96.5 Å². The summed E-state index contributed by atoms with van der Waals surface area (Å²) in [6.45, 7) is 2.23. The highest BCUT2D eigenvalue weighted by atomic mass is 16.5. The van der Waals surface area contributed by atoms with Crippen LogP contribution < -0.4 is 15.2 Å². The molecule has 0 heterocycles. The molecule has 0 amide bonds. The lowest BCUT2D eigenvalue weighted by atomic mass is 9.66. The van der Waals surface area contributed by atoms with Gasteiger partial charge in [0.2, 0.25) is 0 Å². The second-order valence-electron chi connectivity index (χ2n) is 4.74. The number of benzene rings is 1. The van der Waals surface area contributed by atoms with E-state index in [0.29, 0.717) is 0 Å². The molecule has 3 heteroatoms. The van der Waals surface area contributed by atoms with Crippen molar-refractivity contribution in [2.45, 2.75) is 25.3 Å². The normalized spacial score (nSPS) is 28.4. The zero-order valence-electron chi connectivity index (χ0n) is 10.1. The Morgan fingerprint density at radius 2 is 1.81 bits per heavy atom. The molecular formula is C13H19NO2. The van der Waals surface area contributed by atoms with Crippen LogP contribution in [-0.4, -0.2) is 14.2 Å². The molecule has 0 atom stereocenters. The lowest BCUT2D eigenvalue weighted by Crippen LogP contribution is -2.47. The van der Waals surface area contributed by atoms with Crippen molar-refractivity contribution in [3.05, 3.63) is 23.8 Å². The van der Waals surface area contributed by atoms with Crippen molar-refractivity contribution in [3.63, 3.8) is 0 Å². The van der Waals surface area contributed by atoms with Crippen LogP contribution in [0.5, 0.6) is 11.5 Å². The van der Waals surface area contributed by atoms with E-state index in [2.05, 4.69) is 6.92 Å². The summed E-state index contributed by atoms with van der Waals surface area (Å²) in [5.41, 5.74) is 7.31. The number of hydrogen-bond donors (Lipinski definition) is 1. The van der Waals surface area contributed by atoms with Crippen LogP contribution in [0.4, 0.5) is 0 Å². The fraction of sp³-hybridized carbons (Fsp3) is 0.538. The van der Waals surface area contributed by atoms with Crippen LogP contribution in [0.2, 0.25) is 0 Å². The number of ether oxygens (including phenoxy) is 2. The van der Waals surface area contributed by atoms with Crippen molar-refractivity contribution < 1.29 is 9.47 Å². The molecule has 0 radical (unpaired) electrons. The second-order valence-corrected chi connectivity index (χ2v) is 4.74. The van der Waals surface area contributed by atoms with Crippen molar-refractivity contribution in [3.8, 4) is 11.5 Å². The molecule has 2 rings (SSSR count). The highest BCUT2D eigenvalue weighted by Gasteiger charge is 2.40. The molecule has 0 spiro atoms. The van der Waals surface area contributed by atoms with E-state index in [1.165, 1.54) is 0 Å². The molecule has 1 aromatic carbocycles. The summed E-state index contributed by atoms with van der Waals surface area (Å²) in [6.07, 6.45) is 2.09. The van der Waals surface area contributed by atoms with E-state index in [4.69, 9.17) is 15.2 Å². The molecule has 1 aliphatic rings. The number of nitrogens with two attached hydrogens (primary N) is 1. The topological polar surface area (TPSA) is 44.5 Å². The average Bonchev–Trinajstić information content (AvgIpc) is 2.26. The van der Waals surface area contributed by atoms with Gasteiger partial charge in [0, 0.05) is 5.54 Å². The predicted octanol–water partition coefficient (Wildman–Crippen LogP) is 2.29. The molecule has 0 saturated heterocycles. The summed E-state index contributed by atoms with van der Waals surface area (Å²) in [7, 11) is 3.29. The molecule has 2 N–H and O–H groups in total. The molecule has 1 aromatic rings. The second kappa shape index (κ2) is 3.98. The zero-order valence-corrected chi connectivity index (χ0v) is 10.1. The largest absolute Gasteiger partial charge is 0.493 e. The Morgan fingerprint density at radius 3 is 2.31 bits per heavy atom. The van der Waals surface area contributed by atoms with E-state index in [1.54, 1.807) is 14.2 Å². The molecule has 1 saturated carbocycles. The van der Waals surface area contributed by atoms with E-state index in [1.807, 2.05) is 18.2 Å². The maximum Gasteiger partial charge on any atom is 0.161 e. The minimum atomic E-state index is -0.168. The van der Waals surface area contributed by atoms with Gasteiger partial charge in [-0.15, -0.1) is 0 Å². The quantitative estimate of drug-likeness (QED) is 0.851. The lowest BCUT2D eigenvalue weighted by molar-refractivity contribution is 0.163. The molecule has 1 aliphatic carbocycles. The Morgan fingerprint density at radius 1 is 1.19 bits per heavy atom. The monoisotopic (exact) mass is 221 g/mol. The van der Waals surface area contributed by atoms with Crippen LogP contribution in [0.3, 0.4) is 0 Å². The van der Waals surface area contributed by atoms with Crippen molar-refractivity contribution in [1.82, 2.24) is 0 Å². The van der Waals surface area contributed by atoms with Crippen LogP contribution in [0.1, 0.15) is 25.3 Å². The summed E-state index contributed by atoms with van der Waals surface area (Å²) in [4.78, 5) is 0. The first-order valence-corrected chi connectivity index (χ1v) is 5.60. The zero-order chi connectivity index (χ0) is 11.8. The third-order valence-corrected chi connectivity index (χ3v) is 3.38. The van der Waals surface area contributed by atoms with E-state index >= 15 is 0 Å². The van der Waals surface area contributed by atoms with Crippen molar-refractivity contribution in [2.24, 2.45) is 11.7 Å². The first kappa shape index (κ1) is 11.3. The molecule has 0 unspecified atom stereocenters. The lowest BCUT2D eigenvalue weighted by Gasteiger charge is -2.44. The van der Waals surface area contributed by atoms with Gasteiger partial charge in [0.25, 0.3) is 0 Å². The number of methoxy groups -OCH3 is 2. The van der Waals surface area contributed by atoms with Gasteiger partial charge in [0.1, 0.15) is 0 Å². The maximum absolute atomic E-state index is 6.33. The first-order chi connectivity index (χ1) is 7.59. The molecule has 0 bridgehead atoms. The molecular weight excluding hydrogens is 202 g/mol. The van der Waals surface area contributed by atoms with Gasteiger partial charge in [-0.05, 0) is 36.5 Å². The number of rotatable bonds is 3. The minimum absolute atomic E-state index is 0.168. The SMILES string of the molecule is COc1ccc(C2(N)CC(C)C2)cc1OC. The predicted molar refractivity (Wildman–Crippen MR) is 63.8 cm³/mol. The number of hydrogen-bond acceptors (Lipinski definition) is 3. The van der Waals surface area contributed by atoms with Gasteiger partial charge in [0.05, 0.1) is 14.2 Å². The molecule has 0 aliphatic heterocycles. The van der Waals surface area contributed by atoms with Crippen molar-refractivity contribution in [1.29, 1.82) is 0 Å². The van der Waals surface area contributed by atoms with E-state index in [-0.39, 0.29) is 5.54 Å². The van der Waals surface area contributed by atoms with Gasteiger partial charge in [-0.25, -0.2) is 0 Å². The Hall–Kier alpha value is -1.22. The first-order valence-electron chi connectivity index (χ1n) is 5.60. The maximum atomic E-state index is 6.33. The molecule has 88 valence electrons. The van der Waals surface area contributed by atoms with Crippen LogP contribution >= 0.6 is 0 Å². The van der Waals surface area contributed by atoms with Gasteiger partial charge in [-0.2, -0.15) is 0 Å². The Kier molecular flexibility index (Phi) is 2.80. The third kappa shape index (κ3) is 1.76. The van der Waals surface area contributed by atoms with Crippen LogP contribution in [0.15, 0.2) is 18.2 Å². The standard InChI is InChI=1S/C13H19NO2/c1-9-7-13(14,8-9)10-4-5-11(15-2)12(6-10)16-3/h4-6,9H,7-8,14H2,1-3H3. The fourth-order valence-corrected chi connectivity index (χ4v) is 2.57. The van der Waals surface area contributed by atoms with Crippen LogP contribution in [0, 0.1) is 5.92 Å². The highest BCUT2D eigenvalue weighted by molar-refractivity contribution is 5.45. The van der Waals surface area contributed by atoms with Gasteiger partial charge in [-0.1, -0.05) is 13.0 Å². The summed E-state index contributed by atoms with van der Waals surface area (Å²) in [6, 6.07) is 5.95. The highest BCUT2D eigenvalue weighted by Crippen LogP contribution is 2.45. The summed E-state index contributed by atoms with van der Waals surface area (Å²) in [5.74, 6) is 2.23. The minimum Gasteiger partial charge on any atom is -0.493 e. The smallest absolute Gasteiger partial charge is 0.161 e. The van der Waals surface area contributed by atoms with Crippen molar-refractivity contribution >= 4 is 0 Å². The van der Waals surface area contributed by atoms with E-state index in [0.717, 1.165) is 35.8 Å². The average molecular weight is 221 g/mol. The molecule has 3 nitrogen and oxygen atoms in total. The van der Waals surface area contributed by atoms with Crippen molar-refractivity contribution in [2.75, 3.05) is 14.2 Å². The van der Waals surface area contributed by atoms with Gasteiger partial charge in [0.15, 0.2) is 11.5 Å². The van der Waals surface area contributed by atoms with E-state index in [9.17, 15) is 0 Å². The van der Waals surface area contributed by atoms with E-state index < -0.39 is 0 Å². The Bertz CT molecular complexity index is 384. The summed E-state index contributed by atoms with van der Waals surface area (Å²) < 4.78 is 10.5. The third-order valence-electron chi connectivity index (χ3n) is 3.38. The Balaban J connectivity index is 2.29. The van der Waals surface area contributed by atoms with Crippen LogP contribution in [0.25, 0.3) is 0 Å². The summed E-state index contributed by atoms with van der Waals surface area (Å²) >= 11 is 0. The van der Waals surface area contributed by atoms with Gasteiger partial charge >= 0.3 is 0 Å². The molecule has 0 aromatic heterocycles. The van der Waals surface area contributed by atoms with Gasteiger partial charge in [-0.3, -0.25) is 0 Å². The summed E-state index contributed by atoms with van der Waals surface area (Å²) in [5, 5.41) is 0.